The number of hydrogen-bond acceptors (Lipinski definition) is 7. The second-order valence-electron chi connectivity index (χ2n) is 14.3. The number of aromatic nitrogens is 3. The zero-order valence-corrected chi connectivity index (χ0v) is 29.4. The molecule has 7 rings (SSSR count). The maximum absolute atomic E-state index is 14.7. The first kappa shape index (κ1) is 33.3. The maximum atomic E-state index is 14.7. The summed E-state index contributed by atoms with van der Waals surface area (Å²) in [4.78, 5) is 42.5. The van der Waals surface area contributed by atoms with Crippen LogP contribution in [0.3, 0.4) is 0 Å². The number of carbonyl (C=O) groups excluding carboxylic acids is 2. The number of carbonyl (C=O) groups is 2. The predicted octanol–water partition coefficient (Wildman–Crippen LogP) is 5.35. The van der Waals surface area contributed by atoms with Crippen LogP contribution < -0.4 is 9.80 Å². The van der Waals surface area contributed by atoms with Crippen LogP contribution in [0.5, 0.6) is 0 Å². The summed E-state index contributed by atoms with van der Waals surface area (Å²) < 4.78 is 8.75. The molecule has 0 bridgehead atoms. The normalized spacial score (nSPS) is 24.6. The number of fused-ring (bicyclic) bond motifs is 2. The van der Waals surface area contributed by atoms with E-state index in [4.69, 9.17) is 4.74 Å². The fraction of sp³-hybridized carbons (Fsp3) is 0.421. The van der Waals surface area contributed by atoms with Crippen LogP contribution >= 0.6 is 0 Å². The van der Waals surface area contributed by atoms with Crippen LogP contribution in [0.1, 0.15) is 60.9 Å². The fourth-order valence-corrected chi connectivity index (χ4v) is 11.0. The molecule has 3 aliphatic heterocycles. The Morgan fingerprint density at radius 3 is 2.45 bits per heavy atom. The minimum atomic E-state index is -2.83. The van der Waals surface area contributed by atoms with Gasteiger partial charge in [0.25, 0.3) is 5.91 Å². The summed E-state index contributed by atoms with van der Waals surface area (Å²) in [6.07, 6.45) is 4.54. The topological polar surface area (TPSA) is 121 Å². The molecule has 4 heterocycles. The molecule has 2 saturated heterocycles. The van der Waals surface area contributed by atoms with Gasteiger partial charge >= 0.3 is 0 Å². The molecule has 1 spiro atoms. The summed E-state index contributed by atoms with van der Waals surface area (Å²) in [6, 6.07) is 25.6. The van der Waals surface area contributed by atoms with Crippen molar-refractivity contribution in [2.45, 2.75) is 82.0 Å². The molecular weight excluding hydrogens is 635 g/mol. The van der Waals surface area contributed by atoms with Crippen molar-refractivity contribution in [1.29, 1.82) is 0 Å². The number of para-hydroxylation sites is 1. The molecule has 10 nitrogen and oxygen atoms in total. The van der Waals surface area contributed by atoms with Crippen LogP contribution in [0, 0.1) is 5.92 Å². The molecule has 3 aliphatic rings. The lowest BCUT2D eigenvalue weighted by Crippen LogP contribution is -2.46. The number of rotatable bonds is 10. The smallest absolute Gasteiger partial charge is 0.264 e. The van der Waals surface area contributed by atoms with E-state index in [1.165, 1.54) is 0 Å². The van der Waals surface area contributed by atoms with Crippen molar-refractivity contribution in [1.82, 2.24) is 15.0 Å². The third-order valence-corrected chi connectivity index (χ3v) is 13.2. The third kappa shape index (κ3) is 6.03. The van der Waals surface area contributed by atoms with Gasteiger partial charge in [0.1, 0.15) is 0 Å². The molecule has 2 amide bonds. The van der Waals surface area contributed by atoms with Gasteiger partial charge in [-0.15, -0.1) is 5.10 Å². The van der Waals surface area contributed by atoms with Crippen LogP contribution in [0.4, 0.5) is 11.4 Å². The summed E-state index contributed by atoms with van der Waals surface area (Å²) in [7, 11) is -2.83. The second-order valence-corrected chi connectivity index (χ2v) is 18.3. The van der Waals surface area contributed by atoms with Crippen molar-refractivity contribution in [3.63, 3.8) is 0 Å². The van der Waals surface area contributed by atoms with Crippen LogP contribution in [0.25, 0.3) is 0 Å². The Labute approximate surface area is 288 Å². The van der Waals surface area contributed by atoms with Gasteiger partial charge in [-0.1, -0.05) is 72.8 Å². The number of aliphatic hydroxyl groups excluding tert-OH is 1. The minimum absolute atomic E-state index is 0.0822. The second kappa shape index (κ2) is 13.3. The number of hydrogen-bond donors (Lipinski definition) is 2. The van der Waals surface area contributed by atoms with Gasteiger partial charge in [0.2, 0.25) is 5.91 Å². The van der Waals surface area contributed by atoms with Crippen molar-refractivity contribution in [3.8, 4) is 0 Å². The van der Waals surface area contributed by atoms with Crippen molar-refractivity contribution >= 4 is 31.5 Å². The first-order valence-corrected chi connectivity index (χ1v) is 20.4. The molecule has 1 unspecified atom stereocenters. The standard InChI is InChI=1S/C38H45N5O5Si/c1-26-36(49(2,3)47)34(20-22-41-24-32(39-40-41)30(25-44)28-11-5-4-6-12-28)48-38(26)31-13-7-8-14-33(31)43(37(38)46)23-27-16-18-29(19-17-27)42-21-10-9-15-35(42)45/h4-8,11-14,16-19,24,26,30,34,36,44,47H,9-10,15,20-23,25H2,1-3H3/t26-,30?,34+,36-,38+/m0/s1. The van der Waals surface area contributed by atoms with E-state index in [0.29, 0.717) is 31.6 Å². The van der Waals surface area contributed by atoms with E-state index < -0.39 is 13.9 Å². The molecule has 0 aliphatic carbocycles. The number of ether oxygens (including phenoxy) is 1. The van der Waals surface area contributed by atoms with Gasteiger partial charge in [-0.25, -0.2) is 0 Å². The number of anilines is 2. The van der Waals surface area contributed by atoms with E-state index in [1.807, 2.05) is 108 Å². The van der Waals surface area contributed by atoms with E-state index in [-0.39, 0.29) is 41.9 Å². The number of amides is 2. The Balaban J connectivity index is 1.13. The quantitative estimate of drug-likeness (QED) is 0.217. The van der Waals surface area contributed by atoms with Gasteiger partial charge in [0.15, 0.2) is 13.9 Å². The Morgan fingerprint density at radius 2 is 1.73 bits per heavy atom. The van der Waals surface area contributed by atoms with Gasteiger partial charge in [0, 0.05) is 48.4 Å². The molecule has 3 aromatic carbocycles. The molecule has 1 aromatic heterocycles. The summed E-state index contributed by atoms with van der Waals surface area (Å²) >= 11 is 0. The fourth-order valence-electron chi connectivity index (χ4n) is 8.40. The van der Waals surface area contributed by atoms with Crippen LogP contribution in [0.15, 0.2) is 85.1 Å². The molecule has 11 heteroatoms. The van der Waals surface area contributed by atoms with E-state index in [0.717, 1.165) is 47.5 Å². The number of nitrogens with zero attached hydrogens (tertiary/aromatic N) is 5. The van der Waals surface area contributed by atoms with Gasteiger partial charge in [-0.05, 0) is 61.7 Å². The molecule has 0 radical (unpaired) electrons. The highest BCUT2D eigenvalue weighted by molar-refractivity contribution is 6.71. The molecule has 4 aromatic rings. The Kier molecular flexibility index (Phi) is 9.03. The van der Waals surface area contributed by atoms with E-state index in [2.05, 4.69) is 17.2 Å². The molecule has 256 valence electrons. The van der Waals surface area contributed by atoms with Gasteiger partial charge in [0.05, 0.1) is 36.6 Å². The van der Waals surface area contributed by atoms with Gasteiger partial charge in [-0.2, -0.15) is 0 Å². The van der Waals surface area contributed by atoms with Crippen LogP contribution in [0.2, 0.25) is 18.6 Å². The van der Waals surface area contributed by atoms with E-state index >= 15 is 0 Å². The Morgan fingerprint density at radius 1 is 1.00 bits per heavy atom. The highest BCUT2D eigenvalue weighted by Gasteiger charge is 2.66. The highest BCUT2D eigenvalue weighted by Crippen LogP contribution is 2.59. The molecule has 5 atom stereocenters. The van der Waals surface area contributed by atoms with E-state index in [1.54, 1.807) is 4.68 Å². The molecular formula is C38H45N5O5Si. The van der Waals surface area contributed by atoms with Gasteiger partial charge in [-0.3, -0.25) is 14.3 Å². The first-order valence-electron chi connectivity index (χ1n) is 17.4. The van der Waals surface area contributed by atoms with Crippen molar-refractivity contribution < 1.29 is 24.2 Å². The van der Waals surface area contributed by atoms with E-state index in [9.17, 15) is 19.5 Å². The summed E-state index contributed by atoms with van der Waals surface area (Å²) in [6.45, 7) is 7.42. The first-order chi connectivity index (χ1) is 23.6. The van der Waals surface area contributed by atoms with Crippen molar-refractivity contribution in [2.75, 3.05) is 23.0 Å². The third-order valence-electron chi connectivity index (χ3n) is 10.7. The monoisotopic (exact) mass is 679 g/mol. The lowest BCUT2D eigenvalue weighted by molar-refractivity contribution is -0.146. The maximum Gasteiger partial charge on any atom is 0.264 e. The Hall–Kier alpha value is -4.16. The molecule has 0 saturated carbocycles. The summed E-state index contributed by atoms with van der Waals surface area (Å²) in [5.41, 5.74) is 3.74. The average Bonchev–Trinajstić information content (AvgIpc) is 3.76. The van der Waals surface area contributed by atoms with Crippen molar-refractivity contribution in [3.05, 3.63) is 107 Å². The summed E-state index contributed by atoms with van der Waals surface area (Å²) in [5, 5.41) is 18.9. The number of benzene rings is 3. The lowest BCUT2D eigenvalue weighted by atomic mass is 9.82. The van der Waals surface area contributed by atoms with Crippen LogP contribution in [-0.2, 0) is 33.0 Å². The van der Waals surface area contributed by atoms with Crippen molar-refractivity contribution in [2.24, 2.45) is 5.92 Å². The molecule has 2 fully saturated rings. The number of piperidine rings is 1. The zero-order chi connectivity index (χ0) is 34.3. The number of aryl methyl sites for hydroxylation is 1. The predicted molar refractivity (Wildman–Crippen MR) is 189 cm³/mol. The average molecular weight is 680 g/mol. The van der Waals surface area contributed by atoms with Gasteiger partial charge < -0.3 is 24.4 Å². The largest absolute Gasteiger partial charge is 0.432 e. The summed E-state index contributed by atoms with van der Waals surface area (Å²) in [5.74, 6) is -0.501. The SMILES string of the molecule is C[C@H]1[C@H]([Si](C)(C)O)[C@@H](CCn2cc(C(CO)c3ccccc3)nn2)O[C@]12C(=O)N(Cc1ccc(N3CCCCC3=O)cc1)c1ccccc12. The minimum Gasteiger partial charge on any atom is -0.432 e. The van der Waals surface area contributed by atoms with Crippen LogP contribution in [-0.4, -0.2) is 64.3 Å². The molecule has 2 N–H and O–H groups in total. The molecule has 49 heavy (non-hydrogen) atoms. The highest BCUT2D eigenvalue weighted by atomic mass is 28.4. The number of aliphatic hydroxyl groups is 1. The lowest BCUT2D eigenvalue weighted by Gasteiger charge is -2.32. The Bertz CT molecular complexity index is 1810. The zero-order valence-electron chi connectivity index (χ0n) is 28.4.